The van der Waals surface area contributed by atoms with Crippen LogP contribution in [0.3, 0.4) is 0 Å². The van der Waals surface area contributed by atoms with Crippen molar-refractivity contribution in [3.63, 3.8) is 0 Å². The second-order valence-electron chi connectivity index (χ2n) is 6.38. The van der Waals surface area contributed by atoms with Crippen LogP contribution in [0.2, 0.25) is 0 Å². The van der Waals surface area contributed by atoms with Crippen molar-refractivity contribution in [1.82, 2.24) is 4.90 Å². The number of benzene rings is 2. The average molecular weight is 420 g/mol. The normalized spacial score (nSPS) is 11.2. The molecule has 0 spiro atoms. The molecule has 2 aromatic carbocycles. The molecule has 158 valence electrons. The number of ether oxygens (including phenoxy) is 1. The van der Waals surface area contributed by atoms with Gasteiger partial charge in [-0.1, -0.05) is 30.3 Å². The summed E-state index contributed by atoms with van der Waals surface area (Å²) >= 11 is 0. The van der Waals surface area contributed by atoms with E-state index in [0.29, 0.717) is 16.9 Å². The summed E-state index contributed by atoms with van der Waals surface area (Å²) in [5.41, 5.74) is 0.683. The van der Waals surface area contributed by atoms with Gasteiger partial charge in [-0.25, -0.2) is 0 Å². The number of likely N-dealkylation sites (N-methyl/N-ethyl adjacent to an activating group) is 1. The summed E-state index contributed by atoms with van der Waals surface area (Å²) in [4.78, 5) is 36.3. The van der Waals surface area contributed by atoms with Crippen LogP contribution >= 0.6 is 0 Å². The summed E-state index contributed by atoms with van der Waals surface area (Å²) in [5.74, 6) is -2.33. The van der Waals surface area contributed by atoms with Gasteiger partial charge >= 0.3 is 12.1 Å². The van der Waals surface area contributed by atoms with Gasteiger partial charge in [-0.05, 0) is 35.9 Å². The molecule has 0 radical (unpaired) electrons. The Kier molecular flexibility index (Phi) is 7.35. The zero-order chi connectivity index (χ0) is 22.3. The van der Waals surface area contributed by atoms with Crippen molar-refractivity contribution in [2.75, 3.05) is 26.0 Å². The van der Waals surface area contributed by atoms with E-state index in [2.05, 4.69) is 0 Å². The highest BCUT2D eigenvalue weighted by molar-refractivity contribution is 6.07. The molecule has 0 aliphatic carbocycles. The third kappa shape index (κ3) is 6.77. The lowest BCUT2D eigenvalue weighted by Gasteiger charge is -2.11. The van der Waals surface area contributed by atoms with Crippen molar-refractivity contribution < 1.29 is 32.3 Å². The highest BCUT2D eigenvalue weighted by Crippen LogP contribution is 2.20. The Balaban J connectivity index is 2.06. The van der Waals surface area contributed by atoms with E-state index in [-0.39, 0.29) is 24.0 Å². The molecular weight excluding hydrogens is 401 g/mol. The lowest BCUT2D eigenvalue weighted by atomic mass is 10.1. The van der Waals surface area contributed by atoms with Crippen molar-refractivity contribution in [1.29, 1.82) is 0 Å². The Hall–Kier alpha value is -3.62. The maximum Gasteiger partial charge on any atom is 0.471 e. The fourth-order valence-corrected chi connectivity index (χ4v) is 2.20. The molecule has 6 nitrogen and oxygen atoms in total. The summed E-state index contributed by atoms with van der Waals surface area (Å²) in [6.45, 7) is -0.170. The molecule has 2 aromatic rings. The second kappa shape index (κ2) is 9.73. The minimum atomic E-state index is -4.99. The van der Waals surface area contributed by atoms with E-state index in [4.69, 9.17) is 4.74 Å². The van der Waals surface area contributed by atoms with Gasteiger partial charge < -0.3 is 15.0 Å². The maximum absolute atomic E-state index is 12.4. The van der Waals surface area contributed by atoms with Gasteiger partial charge in [0.1, 0.15) is 5.75 Å². The van der Waals surface area contributed by atoms with Crippen LogP contribution in [0, 0.1) is 0 Å². The lowest BCUT2D eigenvalue weighted by Crippen LogP contribution is -2.29. The van der Waals surface area contributed by atoms with Crippen LogP contribution in [-0.4, -0.2) is 49.4 Å². The average Bonchev–Trinajstić information content (AvgIpc) is 2.70. The molecule has 0 aromatic heterocycles. The van der Waals surface area contributed by atoms with Crippen LogP contribution in [0.15, 0.2) is 54.6 Å². The van der Waals surface area contributed by atoms with Crippen LogP contribution in [0.5, 0.6) is 5.75 Å². The van der Waals surface area contributed by atoms with Crippen LogP contribution < -0.4 is 10.1 Å². The number of nitrogens with one attached hydrogen (secondary N) is 1. The molecule has 0 heterocycles. The first kappa shape index (κ1) is 22.7. The first-order valence-electron chi connectivity index (χ1n) is 8.70. The number of halogens is 3. The zero-order valence-electron chi connectivity index (χ0n) is 16.2. The van der Waals surface area contributed by atoms with E-state index >= 15 is 0 Å². The molecule has 30 heavy (non-hydrogen) atoms. The molecule has 0 aliphatic heterocycles. The van der Waals surface area contributed by atoms with Crippen molar-refractivity contribution in [2.45, 2.75) is 6.18 Å². The molecular formula is C21H19F3N2O4. The molecule has 0 fully saturated rings. The SMILES string of the molecule is CN(C)C(=O)COc1cccc(C(=O)/C=C/c2cccc(NC(=O)C(F)(F)F)c2)c1. The van der Waals surface area contributed by atoms with Crippen LogP contribution in [0.4, 0.5) is 18.9 Å². The number of nitrogens with zero attached hydrogens (tertiary/aromatic N) is 1. The highest BCUT2D eigenvalue weighted by Gasteiger charge is 2.38. The largest absolute Gasteiger partial charge is 0.484 e. The van der Waals surface area contributed by atoms with Gasteiger partial charge in [0.05, 0.1) is 0 Å². The van der Waals surface area contributed by atoms with E-state index in [1.165, 1.54) is 41.3 Å². The standard InChI is InChI=1S/C21H19F3N2O4/c1-26(2)19(28)13-30-17-8-4-6-15(12-17)18(27)10-9-14-5-3-7-16(11-14)25-20(29)21(22,23)24/h3-12H,13H2,1-2H3,(H,25,29)/b10-9+. The smallest absolute Gasteiger partial charge is 0.471 e. The zero-order valence-corrected chi connectivity index (χ0v) is 16.2. The number of alkyl halides is 3. The molecule has 2 amide bonds. The van der Waals surface area contributed by atoms with Gasteiger partial charge in [-0.2, -0.15) is 13.2 Å². The molecule has 0 aliphatic rings. The van der Waals surface area contributed by atoms with Gasteiger partial charge in [0, 0.05) is 25.3 Å². The first-order valence-corrected chi connectivity index (χ1v) is 8.70. The van der Waals surface area contributed by atoms with E-state index < -0.39 is 12.1 Å². The number of hydrogen-bond donors (Lipinski definition) is 1. The monoisotopic (exact) mass is 420 g/mol. The van der Waals surface area contributed by atoms with Gasteiger partial charge in [-0.3, -0.25) is 14.4 Å². The molecule has 1 N–H and O–H groups in total. The maximum atomic E-state index is 12.4. The summed E-state index contributed by atoms with van der Waals surface area (Å²) in [6, 6.07) is 11.9. The van der Waals surface area contributed by atoms with E-state index in [1.54, 1.807) is 43.7 Å². The topological polar surface area (TPSA) is 75.7 Å². The number of carbonyl (C=O) groups is 3. The molecule has 0 atom stereocenters. The van der Waals surface area contributed by atoms with Crippen LogP contribution in [0.1, 0.15) is 15.9 Å². The quantitative estimate of drug-likeness (QED) is 0.549. The second-order valence-corrected chi connectivity index (χ2v) is 6.38. The van der Waals surface area contributed by atoms with Gasteiger partial charge in [0.2, 0.25) is 0 Å². The fraction of sp³-hybridized carbons (Fsp3) is 0.190. The predicted octanol–water partition coefficient (Wildman–Crippen LogP) is 3.55. The molecule has 0 saturated carbocycles. The molecule has 0 bridgehead atoms. The molecule has 0 saturated heterocycles. The van der Waals surface area contributed by atoms with Crippen molar-refractivity contribution in [2.24, 2.45) is 0 Å². The summed E-state index contributed by atoms with van der Waals surface area (Å²) in [5, 5.41) is 1.75. The Morgan fingerprint density at radius 3 is 2.43 bits per heavy atom. The fourth-order valence-electron chi connectivity index (χ4n) is 2.20. The first-order chi connectivity index (χ1) is 14.1. The molecule has 9 heteroatoms. The van der Waals surface area contributed by atoms with Crippen molar-refractivity contribution in [3.05, 3.63) is 65.7 Å². The van der Waals surface area contributed by atoms with Crippen molar-refractivity contribution >= 4 is 29.4 Å². The Morgan fingerprint density at radius 1 is 1.07 bits per heavy atom. The number of hydrogen-bond acceptors (Lipinski definition) is 4. The van der Waals surface area contributed by atoms with Crippen molar-refractivity contribution in [3.8, 4) is 5.75 Å². The highest BCUT2D eigenvalue weighted by atomic mass is 19.4. The third-order valence-corrected chi connectivity index (χ3v) is 3.81. The number of anilines is 1. The van der Waals surface area contributed by atoms with E-state index in [1.807, 2.05) is 0 Å². The molecule has 0 unspecified atom stereocenters. The number of amides is 2. The minimum absolute atomic E-state index is 0.0483. The van der Waals surface area contributed by atoms with Gasteiger partial charge in [0.25, 0.3) is 5.91 Å². The minimum Gasteiger partial charge on any atom is -0.484 e. The number of rotatable bonds is 7. The number of carbonyl (C=O) groups excluding carboxylic acids is 3. The summed E-state index contributed by atoms with van der Waals surface area (Å²) in [6.07, 6.45) is -2.34. The van der Waals surface area contributed by atoms with Crippen LogP contribution in [-0.2, 0) is 9.59 Å². The summed E-state index contributed by atoms with van der Waals surface area (Å²) in [7, 11) is 3.19. The van der Waals surface area contributed by atoms with Gasteiger partial charge in [-0.15, -0.1) is 0 Å². The summed E-state index contributed by atoms with van der Waals surface area (Å²) < 4.78 is 42.4. The Morgan fingerprint density at radius 2 is 1.77 bits per heavy atom. The van der Waals surface area contributed by atoms with E-state index in [0.717, 1.165) is 0 Å². The lowest BCUT2D eigenvalue weighted by molar-refractivity contribution is -0.167. The van der Waals surface area contributed by atoms with Gasteiger partial charge in [0.15, 0.2) is 12.4 Å². The number of allylic oxidation sites excluding steroid dienone is 1. The third-order valence-electron chi connectivity index (χ3n) is 3.81. The molecule has 2 rings (SSSR count). The van der Waals surface area contributed by atoms with E-state index in [9.17, 15) is 27.6 Å². The predicted molar refractivity (Wildman–Crippen MR) is 105 cm³/mol. The number of ketones is 1. The Bertz CT molecular complexity index is 969. The van der Waals surface area contributed by atoms with Crippen LogP contribution in [0.25, 0.3) is 6.08 Å². The Labute approximate surface area is 170 Å².